The Balaban J connectivity index is 2.11. The predicted molar refractivity (Wildman–Crippen MR) is 91.1 cm³/mol. The van der Waals surface area contributed by atoms with Crippen LogP contribution in [0.4, 0.5) is 0 Å². The minimum atomic E-state index is -0.139. The van der Waals surface area contributed by atoms with E-state index in [9.17, 15) is 4.79 Å². The molecule has 0 spiro atoms. The lowest BCUT2D eigenvalue weighted by atomic mass is 10.0. The standard InChI is InChI=1S/C15H11Cl2N5O/c1-21-6-19-14-10(15(21)23)8(5-18-14)7-3-4-9-11(12(7)16)13(17)22(2)20-9/h3-6,18H,1-2H3. The molecule has 0 radical (unpaired) electrons. The molecule has 0 atom stereocenters. The lowest BCUT2D eigenvalue weighted by Gasteiger charge is -2.04. The maximum Gasteiger partial charge on any atom is 0.263 e. The Bertz CT molecular complexity index is 1140. The number of aromatic nitrogens is 5. The quantitative estimate of drug-likeness (QED) is 0.575. The van der Waals surface area contributed by atoms with E-state index < -0.39 is 0 Å². The van der Waals surface area contributed by atoms with Crippen molar-refractivity contribution in [3.63, 3.8) is 0 Å². The Kier molecular flexibility index (Phi) is 3.01. The third kappa shape index (κ3) is 1.92. The topological polar surface area (TPSA) is 68.5 Å². The molecule has 0 bridgehead atoms. The molecule has 23 heavy (non-hydrogen) atoms. The molecule has 0 fully saturated rings. The van der Waals surface area contributed by atoms with E-state index in [4.69, 9.17) is 23.2 Å². The van der Waals surface area contributed by atoms with Crippen molar-refractivity contribution in [2.24, 2.45) is 14.1 Å². The first kappa shape index (κ1) is 14.3. The Morgan fingerprint density at radius 2 is 1.91 bits per heavy atom. The van der Waals surface area contributed by atoms with Crippen molar-refractivity contribution < 1.29 is 0 Å². The highest BCUT2D eigenvalue weighted by atomic mass is 35.5. The third-order valence-electron chi connectivity index (χ3n) is 3.91. The molecule has 0 saturated heterocycles. The average molecular weight is 348 g/mol. The summed E-state index contributed by atoms with van der Waals surface area (Å²) < 4.78 is 3.00. The molecule has 4 aromatic rings. The summed E-state index contributed by atoms with van der Waals surface area (Å²) in [5.41, 5.74) is 2.50. The molecular weight excluding hydrogens is 337 g/mol. The number of hydrogen-bond donors (Lipinski definition) is 1. The van der Waals surface area contributed by atoms with Crippen molar-refractivity contribution in [1.29, 1.82) is 0 Å². The van der Waals surface area contributed by atoms with Crippen molar-refractivity contribution in [3.05, 3.63) is 45.2 Å². The number of benzene rings is 1. The molecular formula is C15H11Cl2N5O. The number of nitrogens with zero attached hydrogens (tertiary/aromatic N) is 4. The largest absolute Gasteiger partial charge is 0.345 e. The number of hydrogen-bond acceptors (Lipinski definition) is 3. The van der Waals surface area contributed by atoms with Crippen LogP contribution in [0.25, 0.3) is 33.1 Å². The van der Waals surface area contributed by atoms with Crippen LogP contribution in [-0.2, 0) is 14.1 Å². The molecule has 3 heterocycles. The average Bonchev–Trinajstić information content (AvgIpc) is 3.07. The SMILES string of the molecule is Cn1nc2ccc(-c3c[nH]c4ncn(C)c(=O)c34)c(Cl)c2c1Cl. The molecule has 8 heteroatoms. The number of nitrogens with one attached hydrogen (secondary N) is 1. The molecule has 0 saturated carbocycles. The van der Waals surface area contributed by atoms with Crippen LogP contribution in [0.15, 0.2) is 29.5 Å². The van der Waals surface area contributed by atoms with Gasteiger partial charge in [0.05, 0.1) is 27.6 Å². The van der Waals surface area contributed by atoms with Crippen molar-refractivity contribution >= 4 is 45.1 Å². The van der Waals surface area contributed by atoms with Crippen molar-refractivity contribution in [3.8, 4) is 11.1 Å². The zero-order chi connectivity index (χ0) is 16.3. The molecule has 0 unspecified atom stereocenters. The number of fused-ring (bicyclic) bond motifs is 2. The second-order valence-electron chi connectivity index (χ2n) is 5.32. The maximum atomic E-state index is 12.4. The van der Waals surface area contributed by atoms with Gasteiger partial charge in [0.2, 0.25) is 0 Å². The van der Waals surface area contributed by atoms with E-state index >= 15 is 0 Å². The van der Waals surface area contributed by atoms with Crippen molar-refractivity contribution in [2.75, 3.05) is 0 Å². The first-order valence-corrected chi connectivity index (χ1v) is 7.58. The van der Waals surface area contributed by atoms with Crippen LogP contribution >= 0.6 is 23.2 Å². The van der Waals surface area contributed by atoms with Gasteiger partial charge in [-0.15, -0.1) is 0 Å². The summed E-state index contributed by atoms with van der Waals surface area (Å²) in [5.74, 6) is 0. The Morgan fingerprint density at radius 1 is 1.13 bits per heavy atom. The molecule has 116 valence electrons. The highest BCUT2D eigenvalue weighted by Crippen LogP contribution is 2.39. The molecule has 6 nitrogen and oxygen atoms in total. The molecule has 1 N–H and O–H groups in total. The molecule has 3 aromatic heterocycles. The van der Waals surface area contributed by atoms with Gasteiger partial charge < -0.3 is 9.55 Å². The zero-order valence-corrected chi connectivity index (χ0v) is 13.8. The summed E-state index contributed by atoms with van der Waals surface area (Å²) in [4.78, 5) is 19.7. The third-order valence-corrected chi connectivity index (χ3v) is 4.74. The molecule has 0 amide bonds. The van der Waals surface area contributed by atoms with Crippen LogP contribution in [0, 0.1) is 0 Å². The number of aromatic amines is 1. The molecule has 4 rings (SSSR count). The van der Waals surface area contributed by atoms with Gasteiger partial charge in [0.25, 0.3) is 5.56 Å². The maximum absolute atomic E-state index is 12.4. The second kappa shape index (κ2) is 4.84. The van der Waals surface area contributed by atoms with E-state index in [2.05, 4.69) is 15.1 Å². The smallest absolute Gasteiger partial charge is 0.263 e. The van der Waals surface area contributed by atoms with E-state index in [1.165, 1.54) is 10.9 Å². The summed E-state index contributed by atoms with van der Waals surface area (Å²) >= 11 is 12.8. The fourth-order valence-corrected chi connectivity index (χ4v) is 3.37. The molecule has 0 aliphatic carbocycles. The van der Waals surface area contributed by atoms with Gasteiger partial charge in [0.15, 0.2) is 0 Å². The normalized spacial score (nSPS) is 11.7. The van der Waals surface area contributed by atoms with E-state index in [0.29, 0.717) is 43.2 Å². The molecule has 1 aromatic carbocycles. The number of aryl methyl sites for hydroxylation is 2. The van der Waals surface area contributed by atoms with Crippen LogP contribution in [-0.4, -0.2) is 24.3 Å². The number of H-pyrrole nitrogens is 1. The first-order chi connectivity index (χ1) is 11.0. The summed E-state index contributed by atoms with van der Waals surface area (Å²) in [6, 6.07) is 3.67. The van der Waals surface area contributed by atoms with Crippen LogP contribution in [0.3, 0.4) is 0 Å². The lowest BCUT2D eigenvalue weighted by molar-refractivity contribution is 0.780. The van der Waals surface area contributed by atoms with E-state index in [0.717, 1.165) is 0 Å². The minimum Gasteiger partial charge on any atom is -0.345 e. The van der Waals surface area contributed by atoms with Gasteiger partial charge in [-0.2, -0.15) is 5.10 Å². The van der Waals surface area contributed by atoms with Gasteiger partial charge in [0.1, 0.15) is 10.8 Å². The van der Waals surface area contributed by atoms with Gasteiger partial charge in [-0.25, -0.2) is 4.98 Å². The predicted octanol–water partition coefficient (Wildman–Crippen LogP) is 3.12. The van der Waals surface area contributed by atoms with Gasteiger partial charge in [0, 0.05) is 31.4 Å². The van der Waals surface area contributed by atoms with Crippen LogP contribution in [0.5, 0.6) is 0 Å². The van der Waals surface area contributed by atoms with Gasteiger partial charge in [-0.1, -0.05) is 29.3 Å². The van der Waals surface area contributed by atoms with Crippen LogP contribution < -0.4 is 5.56 Å². The highest BCUT2D eigenvalue weighted by molar-refractivity contribution is 6.43. The van der Waals surface area contributed by atoms with Gasteiger partial charge >= 0.3 is 0 Å². The first-order valence-electron chi connectivity index (χ1n) is 6.83. The van der Waals surface area contributed by atoms with E-state index in [1.807, 2.05) is 12.1 Å². The summed E-state index contributed by atoms with van der Waals surface area (Å²) in [6.07, 6.45) is 3.21. The molecule has 0 aliphatic rings. The van der Waals surface area contributed by atoms with Crippen molar-refractivity contribution in [2.45, 2.75) is 0 Å². The summed E-state index contributed by atoms with van der Waals surface area (Å²) in [7, 11) is 3.41. The van der Waals surface area contributed by atoms with Gasteiger partial charge in [-0.3, -0.25) is 9.48 Å². The zero-order valence-electron chi connectivity index (χ0n) is 12.3. The fourth-order valence-electron chi connectivity index (χ4n) is 2.74. The number of rotatable bonds is 1. The van der Waals surface area contributed by atoms with Gasteiger partial charge in [-0.05, 0) is 6.07 Å². The highest BCUT2D eigenvalue weighted by Gasteiger charge is 2.18. The summed E-state index contributed by atoms with van der Waals surface area (Å²) in [5, 5.41) is 6.39. The fraction of sp³-hybridized carbons (Fsp3) is 0.133. The summed E-state index contributed by atoms with van der Waals surface area (Å²) in [6.45, 7) is 0. The Morgan fingerprint density at radius 3 is 2.70 bits per heavy atom. The Hall–Kier alpha value is -2.31. The van der Waals surface area contributed by atoms with Crippen LogP contribution in [0.1, 0.15) is 0 Å². The second-order valence-corrected chi connectivity index (χ2v) is 6.06. The van der Waals surface area contributed by atoms with Crippen molar-refractivity contribution in [1.82, 2.24) is 24.3 Å². The molecule has 0 aliphatic heterocycles. The monoisotopic (exact) mass is 347 g/mol. The lowest BCUT2D eigenvalue weighted by Crippen LogP contribution is -2.16. The minimum absolute atomic E-state index is 0.139. The van der Waals surface area contributed by atoms with E-state index in [-0.39, 0.29) is 5.56 Å². The number of halogens is 2. The van der Waals surface area contributed by atoms with E-state index in [1.54, 1.807) is 25.0 Å². The Labute approximate surface area is 140 Å². The van der Waals surface area contributed by atoms with Crippen LogP contribution in [0.2, 0.25) is 10.2 Å².